The van der Waals surface area contributed by atoms with Gasteiger partial charge in [-0.1, -0.05) is 147 Å². The summed E-state index contributed by atoms with van der Waals surface area (Å²) in [5.74, 6) is -0.182. The summed E-state index contributed by atoms with van der Waals surface area (Å²) in [4.78, 5) is 25.2. The quantitative estimate of drug-likeness (QED) is 0.0295. The lowest BCUT2D eigenvalue weighted by molar-refractivity contribution is -0.870. The summed E-state index contributed by atoms with van der Waals surface area (Å²) in [6, 6.07) is -0.803. The number of nitrogens with one attached hydrogen (secondary N) is 1. The van der Waals surface area contributed by atoms with Gasteiger partial charge in [-0.2, -0.15) is 0 Å². The topological polar surface area (TPSA) is 108 Å². The Bertz CT molecular complexity index is 845. The number of carbonyl (C=O) groups is 1. The van der Waals surface area contributed by atoms with Crippen LogP contribution in [-0.4, -0.2) is 68.5 Å². The molecule has 0 heterocycles. The van der Waals surface area contributed by atoms with Gasteiger partial charge in [0.25, 0.3) is 7.82 Å². The lowest BCUT2D eigenvalue weighted by Crippen LogP contribution is -2.46. The Morgan fingerprint density at radius 3 is 1.81 bits per heavy atom. The summed E-state index contributed by atoms with van der Waals surface area (Å²) in [7, 11) is 1.29. The molecule has 0 saturated heterocycles. The molecule has 0 spiro atoms. The van der Waals surface area contributed by atoms with E-state index in [4.69, 9.17) is 9.05 Å². The summed E-state index contributed by atoms with van der Waals surface area (Å²) < 4.78 is 23.2. The minimum atomic E-state index is -4.56. The van der Waals surface area contributed by atoms with Crippen LogP contribution < -0.4 is 10.2 Å². The van der Waals surface area contributed by atoms with E-state index in [1.807, 2.05) is 21.1 Å². The first kappa shape index (κ1) is 47.0. The first-order valence-electron chi connectivity index (χ1n) is 19.7. The van der Waals surface area contributed by atoms with Crippen molar-refractivity contribution in [2.75, 3.05) is 40.9 Å². The molecule has 0 aliphatic heterocycles. The van der Waals surface area contributed by atoms with Crippen molar-refractivity contribution in [1.29, 1.82) is 0 Å². The Hall–Kier alpha value is -1.02. The number of nitrogens with zero attached hydrogens (tertiary/aromatic N) is 1. The van der Waals surface area contributed by atoms with E-state index in [-0.39, 0.29) is 19.1 Å². The van der Waals surface area contributed by atoms with Gasteiger partial charge in [0.05, 0.1) is 39.9 Å². The maximum atomic E-state index is 12.8. The summed E-state index contributed by atoms with van der Waals surface area (Å²) in [6.45, 7) is 4.62. The van der Waals surface area contributed by atoms with Crippen molar-refractivity contribution in [2.45, 2.75) is 180 Å². The highest BCUT2D eigenvalue weighted by atomic mass is 31.2. The van der Waals surface area contributed by atoms with E-state index in [1.54, 1.807) is 0 Å². The Kier molecular flexibility index (Phi) is 31.2. The van der Waals surface area contributed by atoms with Gasteiger partial charge in [-0.15, -0.1) is 0 Å². The monoisotopic (exact) mass is 701 g/mol. The molecule has 0 aromatic carbocycles. The largest absolute Gasteiger partial charge is 0.756 e. The summed E-state index contributed by atoms with van der Waals surface area (Å²) in [5.41, 5.74) is 0. The number of quaternary nitrogens is 1. The fourth-order valence-electron chi connectivity index (χ4n) is 5.49. The van der Waals surface area contributed by atoms with Gasteiger partial charge in [0.1, 0.15) is 13.2 Å². The van der Waals surface area contributed by atoms with Crippen LogP contribution in [0.15, 0.2) is 24.3 Å². The molecule has 2 N–H and O–H groups in total. The zero-order chi connectivity index (χ0) is 35.8. The van der Waals surface area contributed by atoms with Gasteiger partial charge in [-0.05, 0) is 38.5 Å². The predicted octanol–water partition coefficient (Wildman–Crippen LogP) is 9.55. The van der Waals surface area contributed by atoms with Crippen molar-refractivity contribution in [3.63, 3.8) is 0 Å². The molecule has 0 aliphatic carbocycles. The van der Waals surface area contributed by atoms with E-state index in [1.165, 1.54) is 70.6 Å². The number of aliphatic hydroxyl groups excluding tert-OH is 1. The second kappa shape index (κ2) is 31.9. The molecule has 0 bridgehead atoms. The highest BCUT2D eigenvalue weighted by molar-refractivity contribution is 7.45. The number of allylic oxidation sites excluding steroid dienone is 4. The van der Waals surface area contributed by atoms with Crippen LogP contribution in [0, 0.1) is 0 Å². The minimum absolute atomic E-state index is 0.00942. The zero-order valence-corrected chi connectivity index (χ0v) is 32.8. The average molecular weight is 701 g/mol. The van der Waals surface area contributed by atoms with Crippen LogP contribution in [0.1, 0.15) is 168 Å². The Labute approximate surface area is 296 Å². The molecule has 0 radical (unpaired) electrons. The zero-order valence-electron chi connectivity index (χ0n) is 31.9. The number of hydrogen-bond donors (Lipinski definition) is 2. The van der Waals surface area contributed by atoms with Gasteiger partial charge in [-0.25, -0.2) is 0 Å². The molecular formula is C39H77N2O6P. The third-order valence-corrected chi connectivity index (χ3v) is 9.64. The summed E-state index contributed by atoms with van der Waals surface area (Å²) in [5, 5.41) is 13.8. The molecule has 48 heavy (non-hydrogen) atoms. The summed E-state index contributed by atoms with van der Waals surface area (Å²) in [6.07, 6.45) is 34.6. The number of likely N-dealkylation sites (N-methyl/N-ethyl adjacent to an activating group) is 1. The third-order valence-electron chi connectivity index (χ3n) is 8.67. The molecule has 0 aromatic heterocycles. The first-order chi connectivity index (χ1) is 23.0. The van der Waals surface area contributed by atoms with Gasteiger partial charge in [-0.3, -0.25) is 9.36 Å². The number of phosphoric ester groups is 1. The smallest absolute Gasteiger partial charge is 0.268 e. The lowest BCUT2D eigenvalue weighted by atomic mass is 10.0. The lowest BCUT2D eigenvalue weighted by Gasteiger charge is -2.30. The molecule has 8 nitrogen and oxygen atoms in total. The minimum Gasteiger partial charge on any atom is -0.756 e. The normalized spacial score (nSPS) is 14.9. The fraction of sp³-hybridized carbons (Fsp3) is 0.872. The second-order valence-corrected chi connectivity index (χ2v) is 16.0. The van der Waals surface area contributed by atoms with E-state index in [0.29, 0.717) is 23.9 Å². The van der Waals surface area contributed by atoms with Crippen molar-refractivity contribution in [2.24, 2.45) is 0 Å². The molecule has 284 valence electrons. The molecule has 0 rings (SSSR count). The van der Waals surface area contributed by atoms with Gasteiger partial charge < -0.3 is 28.8 Å². The van der Waals surface area contributed by atoms with Gasteiger partial charge >= 0.3 is 0 Å². The molecule has 1 amide bonds. The second-order valence-electron chi connectivity index (χ2n) is 14.6. The average Bonchev–Trinajstić information content (AvgIpc) is 3.02. The van der Waals surface area contributed by atoms with Gasteiger partial charge in [0.2, 0.25) is 5.91 Å². The SMILES string of the molecule is CCC/C=C\C/C=C\CCCCCCCC(=O)NC(COP(=O)([O-])OCC[N+](C)(C)C)C(O)CCCCCCCCCCCCCCC. The number of unbranched alkanes of at least 4 members (excludes halogenated alkanes) is 18. The van der Waals surface area contributed by atoms with Crippen molar-refractivity contribution < 1.29 is 32.9 Å². The van der Waals surface area contributed by atoms with Crippen LogP contribution >= 0.6 is 7.82 Å². The maximum absolute atomic E-state index is 12.8. The highest BCUT2D eigenvalue weighted by Crippen LogP contribution is 2.38. The number of hydrogen-bond acceptors (Lipinski definition) is 6. The molecule has 9 heteroatoms. The van der Waals surface area contributed by atoms with Crippen LogP contribution in [0.3, 0.4) is 0 Å². The molecule has 0 aromatic rings. The standard InChI is InChI=1S/C39H77N2O6P/c1-6-8-10-12-14-16-18-20-22-24-26-28-30-32-38(42)37(36-47-48(44,45)46-35-34-41(3,4)5)40-39(43)33-31-29-27-25-23-21-19-17-15-13-11-9-7-2/h11,13,17,19,37-38,42H,6-10,12,14-16,18,20-36H2,1-5H3,(H-,40,43,44,45)/b13-11-,19-17-. The molecule has 0 fully saturated rings. The molecule has 3 unspecified atom stereocenters. The van der Waals surface area contributed by atoms with E-state index < -0.39 is 20.0 Å². The van der Waals surface area contributed by atoms with Crippen LogP contribution in [0.25, 0.3) is 0 Å². The number of rotatable bonds is 35. The Balaban J connectivity index is 4.48. The van der Waals surface area contributed by atoms with Crippen molar-refractivity contribution in [3.8, 4) is 0 Å². The van der Waals surface area contributed by atoms with Crippen molar-refractivity contribution >= 4 is 13.7 Å². The van der Waals surface area contributed by atoms with Crippen LogP contribution in [-0.2, 0) is 18.4 Å². The Morgan fingerprint density at radius 2 is 1.25 bits per heavy atom. The van der Waals surface area contributed by atoms with E-state index >= 15 is 0 Å². The number of aliphatic hydroxyl groups is 1. The Morgan fingerprint density at radius 1 is 0.729 bits per heavy atom. The molecule has 3 atom stereocenters. The number of carbonyl (C=O) groups excluding carboxylic acids is 1. The van der Waals surface area contributed by atoms with Crippen LogP contribution in [0.4, 0.5) is 0 Å². The van der Waals surface area contributed by atoms with Gasteiger partial charge in [0.15, 0.2) is 0 Å². The van der Waals surface area contributed by atoms with Crippen LogP contribution in [0.5, 0.6) is 0 Å². The predicted molar refractivity (Wildman–Crippen MR) is 201 cm³/mol. The van der Waals surface area contributed by atoms with Crippen molar-refractivity contribution in [1.82, 2.24) is 5.32 Å². The number of phosphoric acid groups is 1. The van der Waals surface area contributed by atoms with E-state index in [2.05, 4.69) is 43.5 Å². The van der Waals surface area contributed by atoms with Crippen molar-refractivity contribution in [3.05, 3.63) is 24.3 Å². The molecule has 0 saturated carbocycles. The molecule has 0 aliphatic rings. The molecular weight excluding hydrogens is 623 g/mol. The fourth-order valence-corrected chi connectivity index (χ4v) is 6.21. The van der Waals surface area contributed by atoms with Gasteiger partial charge in [0, 0.05) is 6.42 Å². The van der Waals surface area contributed by atoms with Crippen LogP contribution in [0.2, 0.25) is 0 Å². The number of amides is 1. The van der Waals surface area contributed by atoms with E-state index in [9.17, 15) is 19.4 Å². The summed E-state index contributed by atoms with van der Waals surface area (Å²) >= 11 is 0. The highest BCUT2D eigenvalue weighted by Gasteiger charge is 2.24. The third kappa shape index (κ3) is 33.5. The first-order valence-corrected chi connectivity index (χ1v) is 21.1. The maximum Gasteiger partial charge on any atom is 0.268 e. The van der Waals surface area contributed by atoms with E-state index in [0.717, 1.165) is 70.6 Å².